The summed E-state index contributed by atoms with van der Waals surface area (Å²) >= 11 is 0. The van der Waals surface area contributed by atoms with Crippen molar-refractivity contribution in [3.05, 3.63) is 48.3 Å². The number of nitrogens with one attached hydrogen (secondary N) is 1. The third-order valence-corrected chi connectivity index (χ3v) is 2.50. The topological polar surface area (TPSA) is 43.3 Å². The summed E-state index contributed by atoms with van der Waals surface area (Å²) in [7, 11) is 3.43. The largest absolute Gasteiger partial charge is 0.497 e. The maximum Gasteiger partial charge on any atom is 0.272 e. The third-order valence-electron chi connectivity index (χ3n) is 2.50. The van der Waals surface area contributed by atoms with Gasteiger partial charge >= 0.3 is 0 Å². The zero-order valence-corrected chi connectivity index (χ0v) is 9.81. The van der Waals surface area contributed by atoms with Gasteiger partial charge in [-0.2, -0.15) is 0 Å². The molecule has 17 heavy (non-hydrogen) atoms. The second kappa shape index (κ2) is 4.74. The molecule has 1 aromatic heterocycles. The van der Waals surface area contributed by atoms with Crippen molar-refractivity contribution in [3.63, 3.8) is 0 Å². The quantitative estimate of drug-likeness (QED) is 0.879. The van der Waals surface area contributed by atoms with Gasteiger partial charge in [0.1, 0.15) is 11.4 Å². The van der Waals surface area contributed by atoms with Crippen LogP contribution in [-0.2, 0) is 7.05 Å². The molecule has 2 aromatic rings. The molecule has 0 atom stereocenters. The van der Waals surface area contributed by atoms with E-state index in [9.17, 15) is 4.79 Å². The van der Waals surface area contributed by atoms with Crippen molar-refractivity contribution >= 4 is 11.6 Å². The number of benzene rings is 1. The van der Waals surface area contributed by atoms with Crippen molar-refractivity contribution in [3.8, 4) is 5.75 Å². The minimum Gasteiger partial charge on any atom is -0.497 e. The van der Waals surface area contributed by atoms with E-state index in [2.05, 4.69) is 5.32 Å². The van der Waals surface area contributed by atoms with Crippen LogP contribution in [0.3, 0.4) is 0 Å². The number of anilines is 1. The van der Waals surface area contributed by atoms with Gasteiger partial charge in [0.05, 0.1) is 7.11 Å². The van der Waals surface area contributed by atoms with Crippen molar-refractivity contribution in [1.82, 2.24) is 4.57 Å². The van der Waals surface area contributed by atoms with Crippen LogP contribution in [0, 0.1) is 0 Å². The summed E-state index contributed by atoms with van der Waals surface area (Å²) in [5.41, 5.74) is 1.34. The minimum absolute atomic E-state index is 0.134. The van der Waals surface area contributed by atoms with Gasteiger partial charge in [-0.25, -0.2) is 0 Å². The minimum atomic E-state index is -0.134. The lowest BCUT2D eigenvalue weighted by Crippen LogP contribution is -2.15. The first-order chi connectivity index (χ1) is 8.20. The number of carbonyl (C=O) groups is 1. The van der Waals surface area contributed by atoms with Gasteiger partial charge in [0.2, 0.25) is 0 Å². The van der Waals surface area contributed by atoms with Gasteiger partial charge in [0.15, 0.2) is 0 Å². The molecule has 0 spiro atoms. The van der Waals surface area contributed by atoms with E-state index in [0.717, 1.165) is 11.4 Å². The standard InChI is InChI=1S/C13H14N2O2/c1-15-8-4-7-12(15)13(16)14-10-5-3-6-11(9-10)17-2/h3-9H,1-2H3,(H,14,16). The first-order valence-corrected chi connectivity index (χ1v) is 5.27. The molecule has 0 saturated heterocycles. The fraction of sp³-hybridized carbons (Fsp3) is 0.154. The molecule has 0 radical (unpaired) electrons. The number of hydrogen-bond acceptors (Lipinski definition) is 2. The lowest BCUT2D eigenvalue weighted by Gasteiger charge is -2.07. The maximum atomic E-state index is 11.9. The van der Waals surface area contributed by atoms with E-state index in [4.69, 9.17) is 4.74 Å². The molecule has 0 aliphatic carbocycles. The predicted molar refractivity (Wildman–Crippen MR) is 66.4 cm³/mol. The van der Waals surface area contributed by atoms with Crippen LogP contribution in [-0.4, -0.2) is 17.6 Å². The van der Waals surface area contributed by atoms with Gasteiger partial charge in [-0.3, -0.25) is 4.79 Å². The third kappa shape index (κ3) is 2.47. The molecule has 0 aliphatic rings. The van der Waals surface area contributed by atoms with Crippen LogP contribution in [0.5, 0.6) is 5.75 Å². The maximum absolute atomic E-state index is 11.9. The number of ether oxygens (including phenoxy) is 1. The summed E-state index contributed by atoms with van der Waals surface area (Å²) < 4.78 is 6.87. The second-order valence-corrected chi connectivity index (χ2v) is 3.69. The zero-order valence-electron chi connectivity index (χ0n) is 9.81. The number of aryl methyl sites for hydroxylation is 1. The number of rotatable bonds is 3. The Balaban J connectivity index is 2.16. The Bertz CT molecular complexity index is 532. The fourth-order valence-electron chi connectivity index (χ4n) is 1.59. The van der Waals surface area contributed by atoms with Crippen molar-refractivity contribution in [2.75, 3.05) is 12.4 Å². The molecule has 88 valence electrons. The summed E-state index contributed by atoms with van der Waals surface area (Å²) in [5.74, 6) is 0.584. The highest BCUT2D eigenvalue weighted by Crippen LogP contribution is 2.17. The van der Waals surface area contributed by atoms with Gasteiger partial charge in [-0.05, 0) is 24.3 Å². The van der Waals surface area contributed by atoms with Crippen LogP contribution in [0.2, 0.25) is 0 Å². The Labute approximate surface area is 99.8 Å². The molecule has 0 bridgehead atoms. The van der Waals surface area contributed by atoms with Crippen molar-refractivity contribution in [2.45, 2.75) is 0 Å². The molecule has 0 fully saturated rings. The molecule has 1 amide bonds. The van der Waals surface area contributed by atoms with Crippen LogP contribution in [0.1, 0.15) is 10.5 Å². The van der Waals surface area contributed by atoms with E-state index in [0.29, 0.717) is 5.69 Å². The molecular weight excluding hydrogens is 216 g/mol. The van der Waals surface area contributed by atoms with E-state index in [1.165, 1.54) is 0 Å². The predicted octanol–water partition coefficient (Wildman–Crippen LogP) is 2.29. The van der Waals surface area contributed by atoms with E-state index < -0.39 is 0 Å². The van der Waals surface area contributed by atoms with Crippen LogP contribution in [0.25, 0.3) is 0 Å². The van der Waals surface area contributed by atoms with Gasteiger partial charge in [0.25, 0.3) is 5.91 Å². The molecule has 1 N–H and O–H groups in total. The van der Waals surface area contributed by atoms with E-state index in [1.54, 1.807) is 23.8 Å². The SMILES string of the molecule is COc1cccc(NC(=O)c2cccn2C)c1. The highest BCUT2D eigenvalue weighted by atomic mass is 16.5. The molecule has 4 nitrogen and oxygen atoms in total. The number of nitrogens with zero attached hydrogens (tertiary/aromatic N) is 1. The smallest absolute Gasteiger partial charge is 0.272 e. The van der Waals surface area contributed by atoms with Crippen LogP contribution >= 0.6 is 0 Å². The van der Waals surface area contributed by atoms with E-state index in [1.807, 2.05) is 37.5 Å². The molecule has 1 heterocycles. The molecule has 0 unspecified atom stereocenters. The Morgan fingerprint density at radius 3 is 2.76 bits per heavy atom. The summed E-state index contributed by atoms with van der Waals surface area (Å²) in [6.07, 6.45) is 1.83. The Kier molecular flexibility index (Phi) is 3.14. The van der Waals surface area contributed by atoms with Crippen LogP contribution in [0.4, 0.5) is 5.69 Å². The zero-order chi connectivity index (χ0) is 12.3. The van der Waals surface area contributed by atoms with Gasteiger partial charge in [-0.15, -0.1) is 0 Å². The molecule has 2 rings (SSSR count). The summed E-state index contributed by atoms with van der Waals surface area (Å²) in [6.45, 7) is 0. The fourth-order valence-corrected chi connectivity index (χ4v) is 1.59. The summed E-state index contributed by atoms with van der Waals surface area (Å²) in [6, 6.07) is 10.9. The number of aromatic nitrogens is 1. The summed E-state index contributed by atoms with van der Waals surface area (Å²) in [5, 5.41) is 2.82. The monoisotopic (exact) mass is 230 g/mol. The number of amides is 1. The highest BCUT2D eigenvalue weighted by molar-refractivity contribution is 6.03. The Morgan fingerprint density at radius 1 is 1.29 bits per heavy atom. The first-order valence-electron chi connectivity index (χ1n) is 5.27. The van der Waals surface area contributed by atoms with Gasteiger partial charge in [0, 0.05) is 25.0 Å². The number of hydrogen-bond donors (Lipinski definition) is 1. The lowest BCUT2D eigenvalue weighted by molar-refractivity contribution is 0.101. The van der Waals surface area contributed by atoms with Crippen molar-refractivity contribution in [2.24, 2.45) is 7.05 Å². The van der Waals surface area contributed by atoms with E-state index in [-0.39, 0.29) is 5.91 Å². The molecule has 4 heteroatoms. The highest BCUT2D eigenvalue weighted by Gasteiger charge is 2.08. The molecular formula is C13H14N2O2. The number of carbonyl (C=O) groups excluding carboxylic acids is 1. The van der Waals surface area contributed by atoms with Gasteiger partial charge < -0.3 is 14.6 Å². The van der Waals surface area contributed by atoms with Crippen LogP contribution in [0.15, 0.2) is 42.6 Å². The second-order valence-electron chi connectivity index (χ2n) is 3.69. The normalized spacial score (nSPS) is 10.0. The lowest BCUT2D eigenvalue weighted by atomic mass is 10.3. The summed E-state index contributed by atoms with van der Waals surface area (Å²) in [4.78, 5) is 11.9. The average Bonchev–Trinajstić information content (AvgIpc) is 2.76. The van der Waals surface area contributed by atoms with Gasteiger partial charge in [-0.1, -0.05) is 6.07 Å². The average molecular weight is 230 g/mol. The van der Waals surface area contributed by atoms with Crippen molar-refractivity contribution < 1.29 is 9.53 Å². The molecule has 1 aromatic carbocycles. The molecule has 0 aliphatic heterocycles. The Hall–Kier alpha value is -2.23. The van der Waals surface area contributed by atoms with Crippen LogP contribution < -0.4 is 10.1 Å². The number of methoxy groups -OCH3 is 1. The van der Waals surface area contributed by atoms with Crippen molar-refractivity contribution in [1.29, 1.82) is 0 Å². The first kappa shape index (κ1) is 11.3. The Morgan fingerprint density at radius 2 is 2.12 bits per heavy atom. The molecule has 0 saturated carbocycles. The van der Waals surface area contributed by atoms with E-state index >= 15 is 0 Å².